The number of nitrogens with one attached hydrogen (secondary N) is 1. The molecule has 1 N–H and O–H groups in total. The SMILES string of the molecule is Cc1ccc2[nH]ncc2c1-c1c(Cl)cc2c(N3C[C@H]4CC[C@@H](C3)N4C(=O)OC(C)(C)C)nc(OC[C@@]34CCCN3C[C@H](F)C4)nc2c1F. The molecule has 13 heteroatoms. The molecule has 8 rings (SSSR count). The van der Waals surface area contributed by atoms with Crippen LogP contribution in [0, 0.1) is 12.7 Å². The minimum atomic E-state index is -0.908. The lowest BCUT2D eigenvalue weighted by atomic mass is 9.95. The molecule has 0 saturated carbocycles. The van der Waals surface area contributed by atoms with Crippen LogP contribution in [0.15, 0.2) is 24.4 Å². The van der Waals surface area contributed by atoms with Gasteiger partial charge in [0.15, 0.2) is 5.82 Å². The Kier molecular flexibility index (Phi) is 7.48. The van der Waals surface area contributed by atoms with Crippen LogP contribution in [-0.2, 0) is 4.74 Å². The van der Waals surface area contributed by atoms with E-state index in [-0.39, 0.29) is 46.9 Å². The molecular formula is C35H40ClF2N7O3. The maximum atomic E-state index is 17.0. The molecule has 2 bridgehead atoms. The Balaban J connectivity index is 1.22. The molecule has 4 atom stereocenters. The summed E-state index contributed by atoms with van der Waals surface area (Å²) in [4.78, 5) is 28.9. The number of aromatic amines is 1. The third-order valence-corrected chi connectivity index (χ3v) is 10.8. The molecule has 0 spiro atoms. The number of hydrogen-bond donors (Lipinski definition) is 1. The Bertz CT molecular complexity index is 1920. The van der Waals surface area contributed by atoms with E-state index in [0.717, 1.165) is 48.7 Å². The number of nitrogens with zero attached hydrogens (tertiary/aromatic N) is 6. The largest absolute Gasteiger partial charge is 0.461 e. The molecule has 48 heavy (non-hydrogen) atoms. The molecule has 0 aliphatic carbocycles. The van der Waals surface area contributed by atoms with Crippen LogP contribution in [0.5, 0.6) is 6.01 Å². The monoisotopic (exact) mass is 679 g/mol. The Morgan fingerprint density at radius 2 is 1.90 bits per heavy atom. The summed E-state index contributed by atoms with van der Waals surface area (Å²) in [6, 6.07) is 5.38. The average molecular weight is 680 g/mol. The topological polar surface area (TPSA) is 99.7 Å². The van der Waals surface area contributed by atoms with Gasteiger partial charge in [0.25, 0.3) is 0 Å². The molecule has 0 radical (unpaired) electrons. The number of benzene rings is 2. The van der Waals surface area contributed by atoms with Gasteiger partial charge in [0.05, 0.1) is 34.4 Å². The summed E-state index contributed by atoms with van der Waals surface area (Å²) in [5.41, 5.74) is 1.53. The molecule has 4 aromatic rings. The second-order valence-electron chi connectivity index (χ2n) is 14.9. The van der Waals surface area contributed by atoms with Crippen LogP contribution in [0.2, 0.25) is 5.02 Å². The zero-order valence-electron chi connectivity index (χ0n) is 27.7. The zero-order valence-corrected chi connectivity index (χ0v) is 28.4. The summed E-state index contributed by atoms with van der Waals surface area (Å²) < 4.78 is 43.7. The van der Waals surface area contributed by atoms with Crippen molar-refractivity contribution in [1.82, 2.24) is 30.0 Å². The lowest BCUT2D eigenvalue weighted by Crippen LogP contribution is -2.57. The van der Waals surface area contributed by atoms with Crippen molar-refractivity contribution in [3.8, 4) is 17.1 Å². The quantitative estimate of drug-likeness (QED) is 0.246. The van der Waals surface area contributed by atoms with Gasteiger partial charge in [-0.25, -0.2) is 13.6 Å². The summed E-state index contributed by atoms with van der Waals surface area (Å²) in [6.07, 6.45) is 4.28. The van der Waals surface area contributed by atoms with Crippen LogP contribution in [-0.4, -0.2) is 98.2 Å². The standard InChI is InChI=1S/C35H40ClF2N7O3/c1-19-6-9-26-24(14-39-42-26)27(19)28-25(36)12-23-30(29(28)38)40-32(47-18-35-10-5-11-44(35)15-20(37)13-35)41-31(23)43-16-21-7-8-22(17-43)45(21)33(46)48-34(2,3)4/h6,9,12,14,20-22H,5,7-8,10-11,13,15-18H2,1-4H3,(H,39,42)/t20-,21-,22+,35+/m1/s1. The third-order valence-electron chi connectivity index (χ3n) is 10.5. The molecule has 4 fully saturated rings. The number of fused-ring (bicyclic) bond motifs is 5. The number of piperazine rings is 1. The number of H-pyrrole nitrogens is 1. The number of aromatic nitrogens is 4. The van der Waals surface area contributed by atoms with Gasteiger partial charge in [-0.05, 0) is 77.6 Å². The highest BCUT2D eigenvalue weighted by atomic mass is 35.5. The van der Waals surface area contributed by atoms with Gasteiger partial charge in [0, 0.05) is 48.0 Å². The second-order valence-corrected chi connectivity index (χ2v) is 15.3. The summed E-state index contributed by atoms with van der Waals surface area (Å²) >= 11 is 6.96. The van der Waals surface area contributed by atoms with Gasteiger partial charge in [-0.15, -0.1) is 0 Å². The van der Waals surface area contributed by atoms with E-state index in [4.69, 9.17) is 26.1 Å². The van der Waals surface area contributed by atoms with E-state index in [1.165, 1.54) is 0 Å². The number of alkyl halides is 1. The highest BCUT2D eigenvalue weighted by molar-refractivity contribution is 6.35. The minimum absolute atomic E-state index is 0.0355. The molecule has 6 heterocycles. The van der Waals surface area contributed by atoms with Gasteiger partial charge in [0.2, 0.25) is 0 Å². The van der Waals surface area contributed by atoms with Crippen LogP contribution in [0.25, 0.3) is 32.9 Å². The molecule has 2 aromatic carbocycles. The summed E-state index contributed by atoms with van der Waals surface area (Å²) in [5.74, 6) is -0.0830. The smallest absolute Gasteiger partial charge is 0.410 e. The maximum Gasteiger partial charge on any atom is 0.410 e. The third kappa shape index (κ3) is 5.22. The van der Waals surface area contributed by atoms with E-state index in [1.54, 1.807) is 12.3 Å². The Hall–Kier alpha value is -3.77. The number of hydrogen-bond acceptors (Lipinski definition) is 8. The van der Waals surface area contributed by atoms with Crippen molar-refractivity contribution in [2.75, 3.05) is 37.7 Å². The lowest BCUT2D eigenvalue weighted by Gasteiger charge is -2.42. The molecule has 2 aromatic heterocycles. The fourth-order valence-electron chi connectivity index (χ4n) is 8.49. The number of halogens is 3. The molecular weight excluding hydrogens is 640 g/mol. The summed E-state index contributed by atoms with van der Waals surface area (Å²) in [6.45, 7) is 9.90. The normalized spacial score (nSPS) is 25.8. The molecule has 10 nitrogen and oxygen atoms in total. The van der Waals surface area contributed by atoms with Crippen molar-refractivity contribution >= 4 is 45.3 Å². The van der Waals surface area contributed by atoms with Crippen molar-refractivity contribution < 1.29 is 23.0 Å². The molecule has 254 valence electrons. The van der Waals surface area contributed by atoms with Crippen LogP contribution >= 0.6 is 11.6 Å². The number of anilines is 1. The van der Waals surface area contributed by atoms with E-state index in [9.17, 15) is 9.18 Å². The first kappa shape index (κ1) is 31.5. The molecule has 4 aliphatic heterocycles. The predicted molar refractivity (Wildman–Crippen MR) is 180 cm³/mol. The van der Waals surface area contributed by atoms with Crippen LogP contribution in [0.4, 0.5) is 19.4 Å². The van der Waals surface area contributed by atoms with Gasteiger partial charge in [-0.1, -0.05) is 17.7 Å². The minimum Gasteiger partial charge on any atom is -0.461 e. The molecule has 0 unspecified atom stereocenters. The van der Waals surface area contributed by atoms with Crippen molar-refractivity contribution in [2.45, 2.75) is 89.2 Å². The van der Waals surface area contributed by atoms with Gasteiger partial charge >= 0.3 is 12.1 Å². The first-order valence-corrected chi connectivity index (χ1v) is 17.2. The van der Waals surface area contributed by atoms with E-state index in [0.29, 0.717) is 42.8 Å². The van der Waals surface area contributed by atoms with Crippen LogP contribution < -0.4 is 9.64 Å². The van der Waals surface area contributed by atoms with Crippen molar-refractivity contribution in [1.29, 1.82) is 0 Å². The van der Waals surface area contributed by atoms with Crippen molar-refractivity contribution in [3.05, 3.63) is 40.8 Å². The Morgan fingerprint density at radius 1 is 1.12 bits per heavy atom. The van der Waals surface area contributed by atoms with Gasteiger partial charge in [-0.2, -0.15) is 15.1 Å². The molecule has 4 saturated heterocycles. The number of rotatable bonds is 5. The number of aryl methyl sites for hydroxylation is 1. The lowest BCUT2D eigenvalue weighted by molar-refractivity contribution is 0.0122. The average Bonchev–Trinajstić information content (AvgIpc) is 3.77. The van der Waals surface area contributed by atoms with E-state index >= 15 is 4.39 Å². The maximum absolute atomic E-state index is 17.0. The molecule has 4 aliphatic rings. The highest BCUT2D eigenvalue weighted by Gasteiger charge is 2.50. The molecule has 1 amide bonds. The summed E-state index contributed by atoms with van der Waals surface area (Å²) in [7, 11) is 0. The predicted octanol–water partition coefficient (Wildman–Crippen LogP) is 6.82. The zero-order chi connectivity index (χ0) is 33.5. The first-order valence-electron chi connectivity index (χ1n) is 16.8. The van der Waals surface area contributed by atoms with E-state index in [2.05, 4.69) is 25.0 Å². The van der Waals surface area contributed by atoms with E-state index in [1.807, 2.05) is 44.7 Å². The van der Waals surface area contributed by atoms with Crippen molar-refractivity contribution in [2.24, 2.45) is 0 Å². The van der Waals surface area contributed by atoms with E-state index < -0.39 is 23.1 Å². The number of carbonyl (C=O) groups is 1. The summed E-state index contributed by atoms with van der Waals surface area (Å²) in [5, 5.41) is 8.58. The van der Waals surface area contributed by atoms with Crippen LogP contribution in [0.1, 0.15) is 58.4 Å². The number of carbonyl (C=O) groups excluding carboxylic acids is 1. The van der Waals surface area contributed by atoms with Gasteiger partial charge in [0.1, 0.15) is 29.7 Å². The first-order chi connectivity index (χ1) is 22.9. The van der Waals surface area contributed by atoms with Crippen LogP contribution in [0.3, 0.4) is 0 Å². The number of amides is 1. The Morgan fingerprint density at radius 3 is 2.65 bits per heavy atom. The fourth-order valence-corrected chi connectivity index (χ4v) is 8.78. The fraction of sp³-hybridized carbons (Fsp3) is 0.543. The Labute approximate surface area is 282 Å². The van der Waals surface area contributed by atoms with Gasteiger partial charge in [-0.3, -0.25) is 14.9 Å². The van der Waals surface area contributed by atoms with Crippen molar-refractivity contribution in [3.63, 3.8) is 0 Å². The van der Waals surface area contributed by atoms with Gasteiger partial charge < -0.3 is 14.4 Å². The second kappa shape index (κ2) is 11.4. The highest BCUT2D eigenvalue weighted by Crippen LogP contribution is 2.44. The number of ether oxygens (including phenoxy) is 2.